The minimum Gasteiger partial charge on any atom is -0.478 e. The Morgan fingerprint density at radius 3 is 3.00 bits per heavy atom. The lowest BCUT2D eigenvalue weighted by atomic mass is 9.52. The summed E-state index contributed by atoms with van der Waals surface area (Å²) < 4.78 is 0. The summed E-state index contributed by atoms with van der Waals surface area (Å²) in [4.78, 5) is 13.9. The minimum absolute atomic E-state index is 0.258. The van der Waals surface area contributed by atoms with Crippen molar-refractivity contribution < 1.29 is 9.90 Å². The van der Waals surface area contributed by atoms with Gasteiger partial charge in [0.2, 0.25) is 0 Å². The zero-order valence-corrected chi connectivity index (χ0v) is 12.6. The third-order valence-corrected chi connectivity index (χ3v) is 6.36. The quantitative estimate of drug-likeness (QED) is 0.862. The molecule has 2 bridgehead atoms. The van der Waals surface area contributed by atoms with Crippen molar-refractivity contribution in [1.82, 2.24) is 4.90 Å². The van der Waals surface area contributed by atoms with Crippen LogP contribution in [0.5, 0.6) is 0 Å². The minimum atomic E-state index is -0.795. The molecule has 1 aromatic carbocycles. The largest absolute Gasteiger partial charge is 0.478 e. The molecule has 3 heteroatoms. The van der Waals surface area contributed by atoms with Crippen molar-refractivity contribution in [1.29, 1.82) is 0 Å². The third-order valence-electron chi connectivity index (χ3n) is 6.36. The van der Waals surface area contributed by atoms with Crippen molar-refractivity contribution in [2.24, 2.45) is 5.92 Å². The number of benzene rings is 1. The first-order chi connectivity index (χ1) is 10.1. The van der Waals surface area contributed by atoms with Crippen molar-refractivity contribution in [2.45, 2.75) is 50.0 Å². The van der Waals surface area contributed by atoms with Crippen LogP contribution in [0.15, 0.2) is 18.2 Å². The van der Waals surface area contributed by atoms with Crippen LogP contribution < -0.4 is 0 Å². The number of nitrogens with zero attached hydrogens (tertiary/aromatic N) is 1. The fraction of sp³-hybridized carbons (Fsp3) is 0.611. The molecule has 1 aliphatic heterocycles. The van der Waals surface area contributed by atoms with E-state index < -0.39 is 5.97 Å². The molecule has 3 nitrogen and oxygen atoms in total. The molecule has 3 atom stereocenters. The number of hydrogen-bond donors (Lipinski definition) is 1. The summed E-state index contributed by atoms with van der Waals surface area (Å²) >= 11 is 0. The van der Waals surface area contributed by atoms with Crippen LogP contribution in [0.1, 0.15) is 53.6 Å². The first-order valence-electron chi connectivity index (χ1n) is 8.19. The van der Waals surface area contributed by atoms with Gasteiger partial charge < -0.3 is 10.0 Å². The van der Waals surface area contributed by atoms with Crippen LogP contribution in [0.3, 0.4) is 0 Å². The fourth-order valence-electron chi connectivity index (χ4n) is 5.33. The number of carboxylic acid groups (broad SMARTS) is 1. The van der Waals surface area contributed by atoms with Gasteiger partial charge in [0.1, 0.15) is 0 Å². The molecular weight excluding hydrogens is 262 g/mol. The second-order valence-corrected chi connectivity index (χ2v) is 7.19. The van der Waals surface area contributed by atoms with Gasteiger partial charge in [-0.15, -0.1) is 0 Å². The maximum absolute atomic E-state index is 11.4. The number of aromatic carboxylic acids is 1. The van der Waals surface area contributed by atoms with Crippen LogP contribution in [0.4, 0.5) is 0 Å². The zero-order chi connectivity index (χ0) is 14.6. The van der Waals surface area contributed by atoms with Gasteiger partial charge in [0, 0.05) is 11.5 Å². The Balaban J connectivity index is 1.89. The molecule has 0 aromatic heterocycles. The molecular formula is C18H23NO2. The number of piperidine rings is 1. The normalized spacial score (nSPS) is 34.9. The van der Waals surface area contributed by atoms with Crippen molar-refractivity contribution in [3.05, 3.63) is 34.9 Å². The lowest BCUT2D eigenvalue weighted by molar-refractivity contribution is 0.00279. The zero-order valence-electron chi connectivity index (χ0n) is 12.6. The second-order valence-electron chi connectivity index (χ2n) is 7.19. The van der Waals surface area contributed by atoms with Gasteiger partial charge in [-0.3, -0.25) is 0 Å². The summed E-state index contributed by atoms with van der Waals surface area (Å²) in [6.45, 7) is 1.15. The van der Waals surface area contributed by atoms with Gasteiger partial charge in [-0.2, -0.15) is 0 Å². The molecule has 0 amide bonds. The van der Waals surface area contributed by atoms with E-state index in [9.17, 15) is 9.90 Å². The average molecular weight is 285 g/mol. The molecule has 2 fully saturated rings. The van der Waals surface area contributed by atoms with E-state index in [0.29, 0.717) is 11.6 Å². The highest BCUT2D eigenvalue weighted by Gasteiger charge is 2.53. The number of hydrogen-bond acceptors (Lipinski definition) is 2. The molecule has 1 aromatic rings. The predicted molar refractivity (Wildman–Crippen MR) is 81.8 cm³/mol. The number of rotatable bonds is 1. The smallest absolute Gasteiger partial charge is 0.335 e. The highest BCUT2D eigenvalue weighted by Crippen LogP contribution is 2.55. The number of likely N-dealkylation sites (tertiary alicyclic amines) is 1. The van der Waals surface area contributed by atoms with Crippen LogP contribution in [0.2, 0.25) is 0 Å². The predicted octanol–water partition coefficient (Wildman–Crippen LogP) is 3.07. The van der Waals surface area contributed by atoms with Gasteiger partial charge in [-0.05, 0) is 68.5 Å². The van der Waals surface area contributed by atoms with Gasteiger partial charge >= 0.3 is 5.97 Å². The lowest BCUT2D eigenvalue weighted by Crippen LogP contribution is -2.59. The van der Waals surface area contributed by atoms with E-state index in [1.54, 1.807) is 6.07 Å². The van der Waals surface area contributed by atoms with E-state index in [2.05, 4.69) is 18.0 Å². The maximum atomic E-state index is 11.4. The molecule has 1 N–H and O–H groups in total. The summed E-state index contributed by atoms with van der Waals surface area (Å²) in [7, 11) is 2.26. The van der Waals surface area contributed by atoms with E-state index >= 15 is 0 Å². The number of fused-ring (bicyclic) bond motifs is 1. The average Bonchev–Trinajstić information content (AvgIpc) is 2.50. The summed E-state index contributed by atoms with van der Waals surface area (Å²) in [5.74, 6) is -0.0712. The van der Waals surface area contributed by atoms with Crippen LogP contribution in [0, 0.1) is 5.92 Å². The summed E-state index contributed by atoms with van der Waals surface area (Å²) in [5, 5.41) is 9.34. The van der Waals surface area contributed by atoms with Crippen molar-refractivity contribution >= 4 is 5.97 Å². The highest BCUT2D eigenvalue weighted by molar-refractivity contribution is 5.88. The van der Waals surface area contributed by atoms with Gasteiger partial charge in [0.05, 0.1) is 5.56 Å². The second kappa shape index (κ2) is 4.57. The van der Waals surface area contributed by atoms with Gasteiger partial charge in [0.15, 0.2) is 0 Å². The molecule has 3 aliphatic rings. The maximum Gasteiger partial charge on any atom is 0.335 e. The summed E-state index contributed by atoms with van der Waals surface area (Å²) in [5.41, 5.74) is 3.49. The molecule has 21 heavy (non-hydrogen) atoms. The first kappa shape index (κ1) is 13.3. The highest BCUT2D eigenvalue weighted by atomic mass is 16.4. The summed E-state index contributed by atoms with van der Waals surface area (Å²) in [6, 6.07) is 6.52. The van der Waals surface area contributed by atoms with Crippen LogP contribution in [-0.4, -0.2) is 35.6 Å². The summed E-state index contributed by atoms with van der Waals surface area (Å²) in [6.07, 6.45) is 7.48. The Kier molecular flexibility index (Phi) is 2.90. The number of likely N-dealkylation sites (N-methyl/N-ethyl adjacent to an activating group) is 1. The number of carbonyl (C=O) groups is 1. The fourth-order valence-corrected chi connectivity index (χ4v) is 5.33. The Morgan fingerprint density at radius 2 is 2.19 bits per heavy atom. The molecule has 1 heterocycles. The molecule has 2 aliphatic carbocycles. The molecule has 4 rings (SSSR count). The van der Waals surface area contributed by atoms with E-state index in [0.717, 1.165) is 18.9 Å². The van der Waals surface area contributed by atoms with Crippen molar-refractivity contribution in [3.8, 4) is 0 Å². The van der Waals surface area contributed by atoms with Gasteiger partial charge in [0.25, 0.3) is 0 Å². The molecule has 112 valence electrons. The topological polar surface area (TPSA) is 40.5 Å². The first-order valence-corrected chi connectivity index (χ1v) is 8.19. The Labute approximate surface area is 126 Å². The van der Waals surface area contributed by atoms with Crippen molar-refractivity contribution in [3.63, 3.8) is 0 Å². The molecule has 1 saturated carbocycles. The van der Waals surface area contributed by atoms with E-state index in [-0.39, 0.29) is 5.41 Å². The Hall–Kier alpha value is -1.35. The molecule has 0 radical (unpaired) electrons. The number of carboxylic acids is 1. The third kappa shape index (κ3) is 1.80. The molecule has 0 spiro atoms. The Bertz CT molecular complexity index is 597. The van der Waals surface area contributed by atoms with E-state index in [1.807, 2.05) is 6.07 Å². The van der Waals surface area contributed by atoms with Gasteiger partial charge in [-0.1, -0.05) is 18.9 Å². The standard InChI is InChI=1S/C18H23NO2/c1-19-9-8-18-7-3-2-4-14(18)16(19)11-12-5-6-13(17(20)21)10-15(12)18/h5-6,10,14,16H,2-4,7-9,11H2,1H3,(H,20,21). The molecule has 3 unspecified atom stereocenters. The molecule has 1 saturated heterocycles. The van der Waals surface area contributed by atoms with Crippen LogP contribution in [0.25, 0.3) is 0 Å². The van der Waals surface area contributed by atoms with E-state index in [1.165, 1.54) is 43.2 Å². The Morgan fingerprint density at radius 1 is 1.33 bits per heavy atom. The van der Waals surface area contributed by atoms with Crippen LogP contribution >= 0.6 is 0 Å². The van der Waals surface area contributed by atoms with Gasteiger partial charge in [-0.25, -0.2) is 4.79 Å². The van der Waals surface area contributed by atoms with E-state index in [4.69, 9.17) is 0 Å². The monoisotopic (exact) mass is 285 g/mol. The lowest BCUT2D eigenvalue weighted by Gasteiger charge is -2.58. The SMILES string of the molecule is CN1CCC23CCCCC2C1Cc1ccc(C(=O)O)cc13. The van der Waals surface area contributed by atoms with Crippen LogP contribution in [-0.2, 0) is 11.8 Å². The van der Waals surface area contributed by atoms with Crippen molar-refractivity contribution in [2.75, 3.05) is 13.6 Å².